The Balaban J connectivity index is 1.36. The molecule has 8 atom stereocenters. The van der Waals surface area contributed by atoms with Crippen LogP contribution in [0.2, 0.25) is 0 Å². The number of aliphatic carboxylic acids is 1. The molecule has 244 valence electrons. The summed E-state index contributed by atoms with van der Waals surface area (Å²) in [5.74, 6) is 0.338. The predicted molar refractivity (Wildman–Crippen MR) is 166 cm³/mol. The summed E-state index contributed by atoms with van der Waals surface area (Å²) in [7, 11) is 1.59. The van der Waals surface area contributed by atoms with E-state index >= 15 is 0 Å². The van der Waals surface area contributed by atoms with Crippen LogP contribution in [0.5, 0.6) is 11.6 Å². The number of fused-ring (bicyclic) bond motifs is 7. The standard InChI is InChI=1S/C34H46N4O7/c1-18-27-17-38(28(18)32(40)41)31(39)29(34(2,3)4)37-33(42)45-26-15-19-11-13-21(19)22(26)9-7-6-8-10-24-30(44-27)36-25-16-20(43-5)12-14-23(25)35-24/h12,14,16,18-19,21-22,26-29H,6-11,13,15,17H2,1-5H3,(H,37,42)(H,40,41)/t18-,19+,21+,22-,26-,27+,28+,29-/m1/s1. The maximum atomic E-state index is 14.2. The van der Waals surface area contributed by atoms with Crippen LogP contribution in [0.25, 0.3) is 11.0 Å². The fourth-order valence-electron chi connectivity index (χ4n) is 7.96. The molecule has 2 N–H and O–H groups in total. The first-order valence-electron chi connectivity index (χ1n) is 16.5. The van der Waals surface area contributed by atoms with E-state index in [1.165, 1.54) is 17.7 Å². The molecule has 2 amide bonds. The van der Waals surface area contributed by atoms with Crippen LogP contribution in [-0.4, -0.2) is 75.9 Å². The second kappa shape index (κ2) is 12.3. The number of aryl methyl sites for hydroxylation is 1. The van der Waals surface area contributed by atoms with Gasteiger partial charge in [0.05, 0.1) is 24.7 Å². The van der Waals surface area contributed by atoms with Crippen LogP contribution in [-0.2, 0) is 20.7 Å². The SMILES string of the molecule is COc1ccc2nc3c(nc2c1)O[C@H]1CN(C(=O)[C@H](C(C)(C)C)NC(=O)O[C@@H]2C[C@@H]4CC[C@@H]4[C@H]2CCCCC3)[C@H](C(=O)O)[C@@H]1C. The molecule has 0 unspecified atom stereocenters. The van der Waals surface area contributed by atoms with E-state index in [9.17, 15) is 19.5 Å². The molecular formula is C34H46N4O7. The number of carbonyl (C=O) groups excluding carboxylic acids is 2. The lowest BCUT2D eigenvalue weighted by Gasteiger charge is -2.35. The normalized spacial score (nSPS) is 32.5. The van der Waals surface area contributed by atoms with Crippen molar-refractivity contribution in [1.82, 2.24) is 20.2 Å². The van der Waals surface area contributed by atoms with E-state index in [1.807, 2.05) is 32.9 Å². The minimum Gasteiger partial charge on any atom is -0.497 e. The Morgan fingerprint density at radius 3 is 2.51 bits per heavy atom. The van der Waals surface area contributed by atoms with Crippen molar-refractivity contribution in [2.24, 2.45) is 29.1 Å². The highest BCUT2D eigenvalue weighted by Gasteiger charge is 2.52. The van der Waals surface area contributed by atoms with Gasteiger partial charge in [0.15, 0.2) is 0 Å². The molecule has 45 heavy (non-hydrogen) atoms. The zero-order valence-electron chi connectivity index (χ0n) is 27.0. The number of methoxy groups -OCH3 is 1. The van der Waals surface area contributed by atoms with Gasteiger partial charge in [-0.15, -0.1) is 0 Å². The molecule has 6 rings (SSSR count). The molecule has 1 saturated heterocycles. The van der Waals surface area contributed by atoms with Crippen molar-refractivity contribution in [3.8, 4) is 11.6 Å². The van der Waals surface area contributed by atoms with Crippen LogP contribution >= 0.6 is 0 Å². The molecule has 11 nitrogen and oxygen atoms in total. The molecule has 2 saturated carbocycles. The summed E-state index contributed by atoms with van der Waals surface area (Å²) in [5, 5.41) is 13.2. The first-order chi connectivity index (χ1) is 21.4. The number of hydrogen-bond donors (Lipinski definition) is 2. The van der Waals surface area contributed by atoms with Crippen LogP contribution in [0, 0.1) is 29.1 Å². The van der Waals surface area contributed by atoms with Gasteiger partial charge in [-0.1, -0.05) is 40.5 Å². The van der Waals surface area contributed by atoms with E-state index in [1.54, 1.807) is 20.1 Å². The molecule has 11 heteroatoms. The summed E-state index contributed by atoms with van der Waals surface area (Å²) in [6.45, 7) is 7.38. The van der Waals surface area contributed by atoms with Gasteiger partial charge in [0.2, 0.25) is 11.8 Å². The van der Waals surface area contributed by atoms with Crippen LogP contribution in [0.4, 0.5) is 4.79 Å². The Hall–Kier alpha value is -3.63. The minimum atomic E-state index is -1.14. The number of carbonyl (C=O) groups is 3. The summed E-state index contributed by atoms with van der Waals surface area (Å²) < 4.78 is 18.0. The predicted octanol–water partition coefficient (Wildman–Crippen LogP) is 4.99. The van der Waals surface area contributed by atoms with E-state index < -0.39 is 47.5 Å². The lowest BCUT2D eigenvalue weighted by Crippen LogP contribution is -2.57. The number of alkyl carbamates (subject to hydrolysis) is 1. The lowest BCUT2D eigenvalue weighted by molar-refractivity contribution is -0.151. The van der Waals surface area contributed by atoms with E-state index in [0.29, 0.717) is 41.3 Å². The van der Waals surface area contributed by atoms with Crippen LogP contribution in [0.1, 0.15) is 78.3 Å². The van der Waals surface area contributed by atoms with E-state index in [4.69, 9.17) is 24.2 Å². The van der Waals surface area contributed by atoms with Crippen molar-refractivity contribution in [2.75, 3.05) is 13.7 Å². The van der Waals surface area contributed by atoms with E-state index in [-0.39, 0.29) is 12.6 Å². The average molecular weight is 623 g/mol. The number of rotatable bonds is 2. The first kappa shape index (κ1) is 31.4. The van der Waals surface area contributed by atoms with Crippen molar-refractivity contribution in [3.05, 3.63) is 23.9 Å². The third-order valence-corrected chi connectivity index (χ3v) is 10.6. The maximum Gasteiger partial charge on any atom is 0.408 e. The number of carboxylic acids is 1. The van der Waals surface area contributed by atoms with E-state index in [0.717, 1.165) is 43.3 Å². The summed E-state index contributed by atoms with van der Waals surface area (Å²) in [5.41, 5.74) is 1.36. The highest BCUT2D eigenvalue weighted by atomic mass is 16.6. The Morgan fingerprint density at radius 1 is 1.02 bits per heavy atom. The average Bonchev–Trinajstić information content (AvgIpc) is 3.41. The van der Waals surface area contributed by atoms with Crippen LogP contribution < -0.4 is 14.8 Å². The zero-order chi connectivity index (χ0) is 32.0. The molecule has 4 aliphatic rings. The molecule has 1 aromatic heterocycles. The fourth-order valence-corrected chi connectivity index (χ4v) is 7.96. The van der Waals surface area contributed by atoms with Gasteiger partial charge in [-0.3, -0.25) is 4.79 Å². The number of ether oxygens (including phenoxy) is 3. The van der Waals surface area contributed by atoms with Crippen molar-refractivity contribution in [3.63, 3.8) is 0 Å². The third kappa shape index (κ3) is 6.14. The number of carboxylic acid groups (broad SMARTS) is 1. The van der Waals surface area contributed by atoms with Gasteiger partial charge in [-0.05, 0) is 73.8 Å². The van der Waals surface area contributed by atoms with Gasteiger partial charge >= 0.3 is 12.1 Å². The smallest absolute Gasteiger partial charge is 0.408 e. The monoisotopic (exact) mass is 622 g/mol. The van der Waals surface area contributed by atoms with Gasteiger partial charge in [0.1, 0.15) is 35.7 Å². The number of hydrogen-bond acceptors (Lipinski definition) is 8. The largest absolute Gasteiger partial charge is 0.497 e. The third-order valence-electron chi connectivity index (χ3n) is 10.6. The Bertz CT molecular complexity index is 1460. The molecule has 3 fully saturated rings. The van der Waals surface area contributed by atoms with Crippen LogP contribution in [0.3, 0.4) is 0 Å². The molecule has 2 bridgehead atoms. The van der Waals surface area contributed by atoms with E-state index in [2.05, 4.69) is 5.32 Å². The minimum absolute atomic E-state index is 0.0333. The van der Waals surface area contributed by atoms with Gasteiger partial charge in [0, 0.05) is 12.0 Å². The van der Waals surface area contributed by atoms with Crippen molar-refractivity contribution >= 4 is 29.0 Å². The molecule has 3 heterocycles. The second-order valence-electron chi connectivity index (χ2n) is 14.5. The summed E-state index contributed by atoms with van der Waals surface area (Å²) in [6.07, 6.45) is 6.30. The fraction of sp³-hybridized carbons (Fsp3) is 0.676. The maximum absolute atomic E-state index is 14.2. The second-order valence-corrected chi connectivity index (χ2v) is 14.5. The Morgan fingerprint density at radius 2 is 1.82 bits per heavy atom. The highest BCUT2D eigenvalue weighted by molar-refractivity contribution is 5.90. The molecule has 2 aliphatic carbocycles. The van der Waals surface area contributed by atoms with Gasteiger partial charge in [-0.2, -0.15) is 0 Å². The molecule has 0 spiro atoms. The van der Waals surface area contributed by atoms with Crippen molar-refractivity contribution in [1.29, 1.82) is 0 Å². The number of aromatic nitrogens is 2. The van der Waals surface area contributed by atoms with Gasteiger partial charge in [-0.25, -0.2) is 19.6 Å². The first-order valence-corrected chi connectivity index (χ1v) is 16.5. The number of benzene rings is 1. The molecule has 2 aromatic rings. The Kier molecular flexibility index (Phi) is 8.56. The summed E-state index contributed by atoms with van der Waals surface area (Å²) in [6, 6.07) is 3.40. The molecule has 2 aliphatic heterocycles. The summed E-state index contributed by atoms with van der Waals surface area (Å²) in [4.78, 5) is 51.3. The lowest BCUT2D eigenvalue weighted by atomic mass is 9.71. The quantitative estimate of drug-likeness (QED) is 0.474. The van der Waals surface area contributed by atoms with Crippen molar-refractivity contribution < 1.29 is 33.7 Å². The molecule has 0 radical (unpaired) electrons. The summed E-state index contributed by atoms with van der Waals surface area (Å²) >= 11 is 0. The Labute approximate surface area is 264 Å². The topological polar surface area (TPSA) is 140 Å². The van der Waals surface area contributed by atoms with Crippen LogP contribution in [0.15, 0.2) is 18.2 Å². The van der Waals surface area contributed by atoms with Gasteiger partial charge in [0.25, 0.3) is 0 Å². The number of nitrogens with zero attached hydrogens (tertiary/aromatic N) is 3. The molecule has 1 aromatic carbocycles. The number of nitrogens with one attached hydrogen (secondary N) is 1. The zero-order valence-corrected chi connectivity index (χ0v) is 27.0. The number of amides is 2. The van der Waals surface area contributed by atoms with Gasteiger partial charge < -0.3 is 29.5 Å². The molecular weight excluding hydrogens is 576 g/mol. The highest BCUT2D eigenvalue weighted by Crippen LogP contribution is 2.53. The van der Waals surface area contributed by atoms with Crippen molar-refractivity contribution in [2.45, 2.75) is 103 Å².